The molecule has 0 atom stereocenters. The van der Waals surface area contributed by atoms with Gasteiger partial charge in [0.15, 0.2) is 0 Å². The smallest absolute Gasteiger partial charge is 0.252 e. The van der Waals surface area contributed by atoms with Gasteiger partial charge in [0.05, 0.1) is 16.4 Å². The molecule has 0 aliphatic carbocycles. The summed E-state index contributed by atoms with van der Waals surface area (Å²) in [7, 11) is 0. The van der Waals surface area contributed by atoms with Crippen LogP contribution in [0.15, 0.2) is 45.0 Å². The molecule has 0 unspecified atom stereocenters. The van der Waals surface area contributed by atoms with Crippen molar-refractivity contribution in [2.24, 2.45) is 4.99 Å². The largest absolute Gasteiger partial charge is 0.420 e. The Morgan fingerprint density at radius 3 is 2.46 bits per heavy atom. The van der Waals surface area contributed by atoms with E-state index in [-0.39, 0.29) is 0 Å². The SMILES string of the molecule is CC/C=C(Cl)/C(=C(/Cl)N=C(C)c1cccc(CCC)n1)C(F)(F)F. The summed E-state index contributed by atoms with van der Waals surface area (Å²) < 4.78 is 39.6. The number of hydrogen-bond acceptors (Lipinski definition) is 2. The molecule has 24 heavy (non-hydrogen) atoms. The van der Waals surface area contributed by atoms with Gasteiger partial charge >= 0.3 is 6.18 Å². The van der Waals surface area contributed by atoms with Gasteiger partial charge in [-0.15, -0.1) is 0 Å². The van der Waals surface area contributed by atoms with Crippen LogP contribution >= 0.6 is 23.2 Å². The molecule has 0 aliphatic heterocycles. The highest BCUT2D eigenvalue weighted by Gasteiger charge is 2.38. The molecule has 1 heterocycles. The second-order valence-corrected chi connectivity index (χ2v) is 5.85. The van der Waals surface area contributed by atoms with Crippen molar-refractivity contribution in [1.82, 2.24) is 4.98 Å². The third-order valence-corrected chi connectivity index (χ3v) is 3.68. The number of aryl methyl sites for hydroxylation is 1. The van der Waals surface area contributed by atoms with Crippen LogP contribution in [0.4, 0.5) is 13.2 Å². The van der Waals surface area contributed by atoms with E-state index in [0.717, 1.165) is 18.5 Å². The van der Waals surface area contributed by atoms with Crippen molar-refractivity contribution >= 4 is 28.9 Å². The first-order valence-electron chi connectivity index (χ1n) is 7.55. The fourth-order valence-corrected chi connectivity index (χ4v) is 2.70. The maximum atomic E-state index is 13.2. The lowest BCUT2D eigenvalue weighted by atomic mass is 10.2. The van der Waals surface area contributed by atoms with Crippen molar-refractivity contribution in [1.29, 1.82) is 0 Å². The van der Waals surface area contributed by atoms with Gasteiger partial charge in [-0.05, 0) is 31.9 Å². The molecule has 1 aromatic heterocycles. The molecule has 0 saturated heterocycles. The Hall–Kier alpha value is -1.33. The Balaban J connectivity index is 3.32. The maximum Gasteiger partial charge on any atom is 0.420 e. The van der Waals surface area contributed by atoms with Crippen molar-refractivity contribution in [3.05, 3.63) is 51.4 Å². The van der Waals surface area contributed by atoms with Crippen LogP contribution in [0.25, 0.3) is 0 Å². The minimum atomic E-state index is -4.69. The van der Waals surface area contributed by atoms with Crippen LogP contribution in [-0.4, -0.2) is 16.9 Å². The summed E-state index contributed by atoms with van der Waals surface area (Å²) in [5, 5.41) is -1.16. The molecule has 1 aromatic rings. The fourth-order valence-electron chi connectivity index (χ4n) is 1.97. The van der Waals surface area contributed by atoms with Crippen LogP contribution in [0.1, 0.15) is 45.0 Å². The second-order valence-electron chi connectivity index (χ2n) is 5.09. The lowest BCUT2D eigenvalue weighted by molar-refractivity contribution is -0.0890. The molecule has 0 bridgehead atoms. The lowest BCUT2D eigenvalue weighted by Crippen LogP contribution is -2.14. The van der Waals surface area contributed by atoms with E-state index in [2.05, 4.69) is 9.98 Å². The fraction of sp³-hybridized carbons (Fsp3) is 0.412. The van der Waals surface area contributed by atoms with Gasteiger partial charge < -0.3 is 0 Å². The average molecular weight is 379 g/mol. The number of aliphatic imine (C=N–C) groups is 1. The zero-order valence-electron chi connectivity index (χ0n) is 13.7. The Kier molecular flexibility index (Phi) is 7.97. The zero-order chi connectivity index (χ0) is 18.3. The van der Waals surface area contributed by atoms with Gasteiger partial charge in [0.2, 0.25) is 0 Å². The third kappa shape index (κ3) is 5.95. The molecule has 2 nitrogen and oxygen atoms in total. The van der Waals surface area contributed by atoms with Gasteiger partial charge in [-0.3, -0.25) is 4.98 Å². The van der Waals surface area contributed by atoms with Gasteiger partial charge in [0, 0.05) is 5.69 Å². The Morgan fingerprint density at radius 1 is 1.25 bits per heavy atom. The number of halogens is 5. The van der Waals surface area contributed by atoms with Crippen LogP contribution < -0.4 is 0 Å². The molecule has 7 heteroatoms. The lowest BCUT2D eigenvalue weighted by Gasteiger charge is -2.12. The molecule has 132 valence electrons. The highest BCUT2D eigenvalue weighted by atomic mass is 35.5. The molecular weight excluding hydrogens is 360 g/mol. The number of allylic oxidation sites excluding steroid dienone is 3. The van der Waals surface area contributed by atoms with Gasteiger partial charge in [-0.2, -0.15) is 13.2 Å². The predicted molar refractivity (Wildman–Crippen MR) is 93.6 cm³/mol. The van der Waals surface area contributed by atoms with Gasteiger partial charge in [0.25, 0.3) is 0 Å². The van der Waals surface area contributed by atoms with Gasteiger partial charge in [0.1, 0.15) is 10.7 Å². The summed E-state index contributed by atoms with van der Waals surface area (Å²) in [6, 6.07) is 5.33. The standard InChI is InChI=1S/C17H19Cl2F3N2/c1-4-7-12-9-6-10-14(24-12)11(3)23-16(19)15(17(20,21)22)13(18)8-5-2/h6,8-10H,4-5,7H2,1-3H3/b13-8-,16-15+,23-11?. The number of alkyl halides is 3. The van der Waals surface area contributed by atoms with Crippen molar-refractivity contribution in [2.45, 2.75) is 46.2 Å². The van der Waals surface area contributed by atoms with Gasteiger partial charge in [-0.1, -0.05) is 55.6 Å². The molecule has 0 amide bonds. The number of rotatable bonds is 6. The van der Waals surface area contributed by atoms with Crippen LogP contribution in [0, 0.1) is 0 Å². The van der Waals surface area contributed by atoms with Crippen LogP contribution in [0.5, 0.6) is 0 Å². The highest BCUT2D eigenvalue weighted by molar-refractivity contribution is 6.36. The second kappa shape index (κ2) is 9.23. The zero-order valence-corrected chi connectivity index (χ0v) is 15.2. The van der Waals surface area contributed by atoms with Crippen molar-refractivity contribution in [2.75, 3.05) is 0 Å². The van der Waals surface area contributed by atoms with Crippen molar-refractivity contribution < 1.29 is 13.2 Å². The minimum absolute atomic E-state index is 0.292. The quantitative estimate of drug-likeness (QED) is 0.319. The number of aromatic nitrogens is 1. The van der Waals surface area contributed by atoms with E-state index >= 15 is 0 Å². The van der Waals surface area contributed by atoms with Gasteiger partial charge in [-0.25, -0.2) is 4.99 Å². The molecule has 0 radical (unpaired) electrons. The summed E-state index contributed by atoms with van der Waals surface area (Å²) in [4.78, 5) is 8.25. The maximum absolute atomic E-state index is 13.2. The molecule has 0 aliphatic rings. The first-order chi connectivity index (χ1) is 11.2. The molecule has 1 rings (SSSR count). The normalized spacial score (nSPS) is 14.7. The summed E-state index contributed by atoms with van der Waals surface area (Å²) in [6.07, 6.45) is -1.39. The highest BCUT2D eigenvalue weighted by Crippen LogP contribution is 2.37. The van der Waals surface area contributed by atoms with Crippen molar-refractivity contribution in [3.63, 3.8) is 0 Å². The monoisotopic (exact) mass is 378 g/mol. The van der Waals surface area contributed by atoms with Crippen LogP contribution in [0.2, 0.25) is 0 Å². The third-order valence-electron chi connectivity index (χ3n) is 3.06. The summed E-state index contributed by atoms with van der Waals surface area (Å²) in [5.74, 6) is 0. The Labute approximate surface area is 150 Å². The average Bonchev–Trinajstić information content (AvgIpc) is 2.46. The number of hydrogen-bond donors (Lipinski definition) is 0. The van der Waals surface area contributed by atoms with E-state index < -0.39 is 21.9 Å². The van der Waals surface area contributed by atoms with Crippen molar-refractivity contribution in [3.8, 4) is 0 Å². The molecule has 0 N–H and O–H groups in total. The first-order valence-corrected chi connectivity index (χ1v) is 8.30. The van der Waals surface area contributed by atoms with Crippen LogP contribution in [0.3, 0.4) is 0 Å². The van der Waals surface area contributed by atoms with E-state index in [1.165, 1.54) is 6.08 Å². The number of nitrogens with zero attached hydrogens (tertiary/aromatic N) is 2. The van der Waals surface area contributed by atoms with E-state index in [0.29, 0.717) is 17.8 Å². The Bertz CT molecular complexity index is 662. The number of pyridine rings is 1. The topological polar surface area (TPSA) is 25.2 Å². The van der Waals surface area contributed by atoms with E-state index in [1.807, 2.05) is 13.0 Å². The minimum Gasteiger partial charge on any atom is -0.252 e. The van der Waals surface area contributed by atoms with Crippen LogP contribution in [-0.2, 0) is 6.42 Å². The Morgan fingerprint density at radius 2 is 1.92 bits per heavy atom. The van der Waals surface area contributed by atoms with E-state index in [9.17, 15) is 13.2 Å². The molecular formula is C17H19Cl2F3N2. The molecule has 0 fully saturated rings. The molecule has 0 saturated carbocycles. The predicted octanol–water partition coefficient (Wildman–Crippen LogP) is 6.39. The van der Waals surface area contributed by atoms with E-state index in [4.69, 9.17) is 23.2 Å². The summed E-state index contributed by atoms with van der Waals surface area (Å²) in [6.45, 7) is 5.26. The first kappa shape index (κ1) is 20.7. The van der Waals surface area contributed by atoms with E-state index in [1.54, 1.807) is 26.0 Å². The molecule has 0 aromatic carbocycles. The molecule has 0 spiro atoms. The summed E-state index contributed by atoms with van der Waals surface area (Å²) >= 11 is 11.6. The summed E-state index contributed by atoms with van der Waals surface area (Å²) in [5.41, 5.74) is 0.484.